The van der Waals surface area contributed by atoms with Crippen molar-refractivity contribution >= 4 is 16.7 Å². The lowest BCUT2D eigenvalue weighted by atomic mass is 9.80. The van der Waals surface area contributed by atoms with Crippen molar-refractivity contribution in [3.05, 3.63) is 60.6 Å². The van der Waals surface area contributed by atoms with Gasteiger partial charge >= 0.3 is 0 Å². The molecule has 0 amide bonds. The van der Waals surface area contributed by atoms with Crippen LogP contribution in [0.15, 0.2) is 49.3 Å². The third-order valence-corrected chi connectivity index (χ3v) is 7.48. The van der Waals surface area contributed by atoms with Crippen molar-refractivity contribution in [1.29, 1.82) is 0 Å². The van der Waals surface area contributed by atoms with E-state index in [4.69, 9.17) is 4.74 Å². The first-order valence-electron chi connectivity index (χ1n) is 11.2. The molecule has 1 saturated heterocycles. The summed E-state index contributed by atoms with van der Waals surface area (Å²) < 4.78 is 10.1. The first-order valence-corrected chi connectivity index (χ1v) is 11.2. The Morgan fingerprint density at radius 1 is 1.12 bits per heavy atom. The number of hydrogen-bond donors (Lipinski definition) is 2. The highest BCUT2D eigenvalue weighted by molar-refractivity contribution is 5.78. The van der Waals surface area contributed by atoms with Crippen molar-refractivity contribution < 1.29 is 14.9 Å². The van der Waals surface area contributed by atoms with E-state index in [1.807, 2.05) is 40.5 Å². The van der Waals surface area contributed by atoms with Crippen LogP contribution in [0.4, 0.5) is 0 Å². The van der Waals surface area contributed by atoms with Gasteiger partial charge in [0.1, 0.15) is 23.7 Å². The molecule has 6 rings (SSSR count). The lowest BCUT2D eigenvalue weighted by molar-refractivity contribution is -0.0309. The van der Waals surface area contributed by atoms with Gasteiger partial charge in [0.05, 0.1) is 30.6 Å². The second kappa shape index (κ2) is 7.37. The average molecular weight is 434 g/mol. The van der Waals surface area contributed by atoms with E-state index in [-0.39, 0.29) is 12.1 Å². The zero-order valence-electron chi connectivity index (χ0n) is 18.0. The van der Waals surface area contributed by atoms with Gasteiger partial charge in [-0.1, -0.05) is 0 Å². The van der Waals surface area contributed by atoms with Gasteiger partial charge in [0.2, 0.25) is 0 Å². The Kier molecular flexibility index (Phi) is 4.57. The molecule has 1 saturated carbocycles. The number of imidazole rings is 1. The SMILES string of the molecule is Cc1ncnc2c1ccn2[C@@H]1C[C@@]2(CO[C@@H](CCc3ccn4ccnc4c3)C2)[C@@H](O)[C@H]1O. The lowest BCUT2D eigenvalue weighted by Gasteiger charge is -2.26. The van der Waals surface area contributed by atoms with Crippen LogP contribution >= 0.6 is 0 Å². The number of aliphatic hydroxyl groups is 2. The fraction of sp³-hybridized carbons (Fsp3) is 0.458. The molecular formula is C24H27N5O3. The summed E-state index contributed by atoms with van der Waals surface area (Å²) in [4.78, 5) is 13.1. The van der Waals surface area contributed by atoms with E-state index in [1.165, 1.54) is 5.56 Å². The van der Waals surface area contributed by atoms with Gasteiger partial charge in [-0.05, 0) is 56.4 Å². The zero-order chi connectivity index (χ0) is 21.9. The van der Waals surface area contributed by atoms with Crippen LogP contribution in [0.3, 0.4) is 0 Å². The predicted molar refractivity (Wildman–Crippen MR) is 118 cm³/mol. The maximum atomic E-state index is 11.1. The summed E-state index contributed by atoms with van der Waals surface area (Å²) in [6.45, 7) is 2.42. The molecule has 2 fully saturated rings. The number of ether oxygens (including phenoxy) is 1. The van der Waals surface area contributed by atoms with Gasteiger partial charge in [0.25, 0.3) is 0 Å². The second-order valence-electron chi connectivity index (χ2n) is 9.39. The molecule has 8 heteroatoms. The maximum Gasteiger partial charge on any atom is 0.143 e. The number of aliphatic hydroxyl groups excluding tert-OH is 2. The highest BCUT2D eigenvalue weighted by Crippen LogP contribution is 2.52. The van der Waals surface area contributed by atoms with Crippen LogP contribution in [0.1, 0.15) is 36.6 Å². The summed E-state index contributed by atoms with van der Waals surface area (Å²) in [5, 5.41) is 23.0. The first-order chi connectivity index (χ1) is 15.5. The van der Waals surface area contributed by atoms with Crippen molar-refractivity contribution in [3.8, 4) is 0 Å². The number of rotatable bonds is 4. The summed E-state index contributed by atoms with van der Waals surface area (Å²) in [6, 6.07) is 5.97. The molecule has 2 N–H and O–H groups in total. The lowest BCUT2D eigenvalue weighted by Crippen LogP contribution is -2.37. The molecule has 2 aliphatic rings. The fourth-order valence-electron chi connectivity index (χ4n) is 5.68. The number of aryl methyl sites for hydroxylation is 2. The normalized spacial score (nSPS) is 30.2. The van der Waals surface area contributed by atoms with Crippen molar-refractivity contribution in [2.45, 2.75) is 57.0 Å². The Balaban J connectivity index is 1.18. The molecule has 4 aromatic heterocycles. The highest BCUT2D eigenvalue weighted by Gasteiger charge is 2.57. The van der Waals surface area contributed by atoms with E-state index in [1.54, 1.807) is 12.5 Å². The summed E-state index contributed by atoms with van der Waals surface area (Å²) in [5.74, 6) is 0. The molecule has 0 unspecified atom stereocenters. The minimum absolute atomic E-state index is 0.0672. The Morgan fingerprint density at radius 2 is 2.03 bits per heavy atom. The van der Waals surface area contributed by atoms with E-state index >= 15 is 0 Å². The van der Waals surface area contributed by atoms with Crippen LogP contribution in [-0.2, 0) is 11.2 Å². The Hall–Kier alpha value is -2.81. The number of hydrogen-bond acceptors (Lipinski definition) is 6. The quantitative estimate of drug-likeness (QED) is 0.513. The first kappa shape index (κ1) is 19.8. The molecule has 8 nitrogen and oxygen atoms in total. The number of fused-ring (bicyclic) bond motifs is 2. The van der Waals surface area contributed by atoms with Crippen LogP contribution in [0.25, 0.3) is 16.7 Å². The van der Waals surface area contributed by atoms with Gasteiger partial charge < -0.3 is 23.9 Å². The molecule has 0 aromatic carbocycles. The average Bonchev–Trinajstić information content (AvgIpc) is 3.56. The maximum absolute atomic E-state index is 11.1. The smallest absolute Gasteiger partial charge is 0.143 e. The molecule has 1 aliphatic carbocycles. The van der Waals surface area contributed by atoms with Crippen LogP contribution in [0.2, 0.25) is 0 Å². The molecule has 4 aromatic rings. The van der Waals surface area contributed by atoms with Gasteiger partial charge in [-0.15, -0.1) is 0 Å². The number of nitrogens with zero attached hydrogens (tertiary/aromatic N) is 5. The van der Waals surface area contributed by atoms with Crippen LogP contribution in [-0.4, -0.2) is 59.1 Å². The second-order valence-corrected chi connectivity index (χ2v) is 9.39. The number of aromatic nitrogens is 5. The summed E-state index contributed by atoms with van der Waals surface area (Å²) >= 11 is 0. The topological polar surface area (TPSA) is 97.7 Å². The van der Waals surface area contributed by atoms with Crippen molar-refractivity contribution in [1.82, 2.24) is 23.9 Å². The molecule has 166 valence electrons. The number of pyridine rings is 1. The molecule has 1 aliphatic heterocycles. The van der Waals surface area contributed by atoms with E-state index in [9.17, 15) is 10.2 Å². The minimum atomic E-state index is -0.855. The molecule has 5 heterocycles. The molecule has 0 bridgehead atoms. The van der Waals surface area contributed by atoms with Gasteiger partial charge in [-0.2, -0.15) is 0 Å². The summed E-state index contributed by atoms with van der Waals surface area (Å²) in [7, 11) is 0. The summed E-state index contributed by atoms with van der Waals surface area (Å²) in [5.41, 5.74) is 3.46. The standard InChI is InChI=1S/C24H27N5O3/c1-15-18-5-8-29(23(18)27-14-26-15)19-12-24(22(31)21(19)30)11-17(32-13-24)3-2-16-4-7-28-9-6-25-20(28)10-16/h4-10,14,17,19,21-22,30-31H,2-3,11-13H2,1H3/t17-,19+,21-,22-,24-/m0/s1. The van der Waals surface area contributed by atoms with Crippen molar-refractivity contribution in [2.75, 3.05) is 6.61 Å². The van der Waals surface area contributed by atoms with E-state index in [0.29, 0.717) is 13.0 Å². The third-order valence-electron chi connectivity index (χ3n) is 7.48. The highest BCUT2D eigenvalue weighted by atomic mass is 16.5. The zero-order valence-corrected chi connectivity index (χ0v) is 18.0. The molecule has 0 radical (unpaired) electrons. The van der Waals surface area contributed by atoms with Crippen molar-refractivity contribution in [3.63, 3.8) is 0 Å². The van der Waals surface area contributed by atoms with Gasteiger partial charge in [-0.25, -0.2) is 15.0 Å². The van der Waals surface area contributed by atoms with Crippen LogP contribution in [0.5, 0.6) is 0 Å². The largest absolute Gasteiger partial charge is 0.390 e. The predicted octanol–water partition coefficient (Wildman–Crippen LogP) is 2.46. The fourth-order valence-corrected chi connectivity index (χ4v) is 5.68. The van der Waals surface area contributed by atoms with Gasteiger partial charge in [0, 0.05) is 35.6 Å². The molecular weight excluding hydrogens is 406 g/mol. The van der Waals surface area contributed by atoms with E-state index < -0.39 is 17.6 Å². The Morgan fingerprint density at radius 3 is 2.94 bits per heavy atom. The third kappa shape index (κ3) is 3.05. The van der Waals surface area contributed by atoms with Crippen LogP contribution < -0.4 is 0 Å². The monoisotopic (exact) mass is 433 g/mol. The van der Waals surface area contributed by atoms with E-state index in [0.717, 1.165) is 41.6 Å². The Labute approximate surface area is 185 Å². The van der Waals surface area contributed by atoms with E-state index in [2.05, 4.69) is 27.1 Å². The Bertz CT molecular complexity index is 1280. The summed E-state index contributed by atoms with van der Waals surface area (Å²) in [6.07, 6.45) is 10.9. The van der Waals surface area contributed by atoms with Gasteiger partial charge in [-0.3, -0.25) is 0 Å². The molecule has 32 heavy (non-hydrogen) atoms. The molecule has 1 spiro atoms. The van der Waals surface area contributed by atoms with Crippen LogP contribution in [0, 0.1) is 12.3 Å². The van der Waals surface area contributed by atoms with Gasteiger partial charge in [0.15, 0.2) is 0 Å². The molecule has 5 atom stereocenters. The minimum Gasteiger partial charge on any atom is -0.390 e. The van der Waals surface area contributed by atoms with Crippen molar-refractivity contribution in [2.24, 2.45) is 5.41 Å².